The van der Waals surface area contributed by atoms with E-state index in [-0.39, 0.29) is 18.6 Å². The minimum atomic E-state index is -0.405. The molecule has 3 rings (SSSR count). The average Bonchev–Trinajstić information content (AvgIpc) is 2.66. The van der Waals surface area contributed by atoms with Crippen molar-refractivity contribution in [3.05, 3.63) is 70.2 Å². The molecular formula is C20H21Cl2NO3. The average molecular weight is 394 g/mol. The number of hydrogen-bond acceptors (Lipinski definition) is 3. The quantitative estimate of drug-likeness (QED) is 0.715. The molecule has 2 aromatic rings. The van der Waals surface area contributed by atoms with Crippen LogP contribution in [0.1, 0.15) is 24.9 Å². The summed E-state index contributed by atoms with van der Waals surface area (Å²) in [6.07, 6.45) is 1.42. The molecule has 26 heavy (non-hydrogen) atoms. The summed E-state index contributed by atoms with van der Waals surface area (Å²) >= 11 is 11.4. The monoisotopic (exact) mass is 393 g/mol. The number of carbonyl (C=O) groups is 2. The Morgan fingerprint density at radius 3 is 2.23 bits per heavy atom. The van der Waals surface area contributed by atoms with Gasteiger partial charge in [0.2, 0.25) is 5.91 Å². The zero-order valence-corrected chi connectivity index (χ0v) is 16.0. The fourth-order valence-electron chi connectivity index (χ4n) is 2.72. The number of morpholine rings is 1. The number of nitrogens with zero attached hydrogens (tertiary/aromatic N) is 1. The van der Waals surface area contributed by atoms with Gasteiger partial charge in [-0.05, 0) is 36.2 Å². The van der Waals surface area contributed by atoms with E-state index in [1.54, 1.807) is 17.0 Å². The highest BCUT2D eigenvalue weighted by atomic mass is 35.5. The van der Waals surface area contributed by atoms with Crippen LogP contribution in [0, 0.1) is 0 Å². The van der Waals surface area contributed by atoms with Crippen LogP contribution in [-0.4, -0.2) is 36.3 Å². The number of amides is 1. The van der Waals surface area contributed by atoms with Crippen LogP contribution in [-0.2, 0) is 14.3 Å². The van der Waals surface area contributed by atoms with Crippen molar-refractivity contribution in [1.29, 1.82) is 0 Å². The van der Waals surface area contributed by atoms with Gasteiger partial charge in [-0.3, -0.25) is 4.79 Å². The highest BCUT2D eigenvalue weighted by Gasteiger charge is 2.34. The Kier molecular flexibility index (Phi) is 8.10. The Morgan fingerprint density at radius 2 is 1.73 bits per heavy atom. The molecule has 1 heterocycles. The number of rotatable bonds is 4. The van der Waals surface area contributed by atoms with Gasteiger partial charge in [0.05, 0.1) is 18.7 Å². The van der Waals surface area contributed by atoms with Crippen molar-refractivity contribution in [3.8, 4) is 0 Å². The molecule has 138 valence electrons. The van der Waals surface area contributed by atoms with Crippen molar-refractivity contribution in [1.82, 2.24) is 4.90 Å². The number of carbonyl (C=O) groups excluding carboxylic acids is 2. The zero-order chi connectivity index (χ0) is 18.9. The lowest BCUT2D eigenvalue weighted by Gasteiger charge is -2.38. The summed E-state index contributed by atoms with van der Waals surface area (Å²) in [5.41, 5.74) is 0.928. The predicted octanol–water partition coefficient (Wildman–Crippen LogP) is 4.56. The summed E-state index contributed by atoms with van der Waals surface area (Å²) in [7, 11) is 0. The van der Waals surface area contributed by atoms with Crippen molar-refractivity contribution in [2.45, 2.75) is 25.4 Å². The van der Waals surface area contributed by atoms with Gasteiger partial charge in [-0.15, -0.1) is 0 Å². The van der Waals surface area contributed by atoms with E-state index in [2.05, 4.69) is 0 Å². The van der Waals surface area contributed by atoms with Crippen LogP contribution in [0.3, 0.4) is 0 Å². The second kappa shape index (κ2) is 10.3. The fraction of sp³-hybridized carbons (Fsp3) is 0.300. The SMILES string of the molecule is CCC(C=O)N1C(=O)COCC1c1ccc(Cl)cc1.Clc1ccccc1. The van der Waals surface area contributed by atoms with Gasteiger partial charge in [0.25, 0.3) is 0 Å². The third-order valence-electron chi connectivity index (χ3n) is 4.05. The summed E-state index contributed by atoms with van der Waals surface area (Å²) < 4.78 is 5.31. The molecule has 1 aliphatic heterocycles. The molecule has 0 aromatic heterocycles. The van der Waals surface area contributed by atoms with Crippen LogP contribution in [0.25, 0.3) is 0 Å². The molecule has 6 heteroatoms. The third kappa shape index (κ3) is 5.56. The lowest BCUT2D eigenvalue weighted by atomic mass is 10.0. The van der Waals surface area contributed by atoms with Gasteiger partial charge >= 0.3 is 0 Å². The molecule has 2 aromatic carbocycles. The number of ether oxygens (including phenoxy) is 1. The molecule has 2 atom stereocenters. The van der Waals surface area contributed by atoms with E-state index in [9.17, 15) is 9.59 Å². The molecule has 0 bridgehead atoms. The van der Waals surface area contributed by atoms with Crippen LogP contribution in [0.5, 0.6) is 0 Å². The first-order valence-corrected chi connectivity index (χ1v) is 9.12. The summed E-state index contributed by atoms with van der Waals surface area (Å²) in [6, 6.07) is 16.1. The summed E-state index contributed by atoms with van der Waals surface area (Å²) in [5, 5.41) is 1.43. The first-order valence-electron chi connectivity index (χ1n) is 8.37. The van der Waals surface area contributed by atoms with Crippen LogP contribution in [0.4, 0.5) is 0 Å². The second-order valence-electron chi connectivity index (χ2n) is 5.79. The standard InChI is InChI=1S/C14H16ClNO3.C6H5Cl/c1-2-12(7-17)16-13(8-19-9-14(16)18)10-3-5-11(15)6-4-10;7-6-4-2-1-3-5-6/h3-7,12-13H,2,8-9H2,1H3;1-5H. The van der Waals surface area contributed by atoms with Gasteiger partial charge < -0.3 is 14.4 Å². The van der Waals surface area contributed by atoms with E-state index in [4.69, 9.17) is 27.9 Å². The molecule has 1 aliphatic rings. The van der Waals surface area contributed by atoms with Crippen molar-refractivity contribution in [2.75, 3.05) is 13.2 Å². The number of benzene rings is 2. The van der Waals surface area contributed by atoms with Crippen molar-refractivity contribution >= 4 is 35.4 Å². The smallest absolute Gasteiger partial charge is 0.249 e. The van der Waals surface area contributed by atoms with E-state index >= 15 is 0 Å². The van der Waals surface area contributed by atoms with E-state index in [0.717, 1.165) is 16.9 Å². The van der Waals surface area contributed by atoms with E-state index in [0.29, 0.717) is 18.1 Å². The van der Waals surface area contributed by atoms with Crippen molar-refractivity contribution in [3.63, 3.8) is 0 Å². The Bertz CT molecular complexity index is 707. The van der Waals surface area contributed by atoms with Crippen molar-refractivity contribution in [2.24, 2.45) is 0 Å². The maximum atomic E-state index is 12.0. The van der Waals surface area contributed by atoms with Gasteiger partial charge in [0.1, 0.15) is 12.9 Å². The molecule has 0 N–H and O–H groups in total. The van der Waals surface area contributed by atoms with Gasteiger partial charge in [-0.2, -0.15) is 0 Å². The Balaban J connectivity index is 0.000000290. The second-order valence-corrected chi connectivity index (χ2v) is 6.66. The summed E-state index contributed by atoms with van der Waals surface area (Å²) in [4.78, 5) is 24.8. The zero-order valence-electron chi connectivity index (χ0n) is 14.5. The van der Waals surface area contributed by atoms with Crippen LogP contribution < -0.4 is 0 Å². The highest BCUT2D eigenvalue weighted by molar-refractivity contribution is 6.30. The molecule has 0 aliphatic carbocycles. The molecular weight excluding hydrogens is 373 g/mol. The largest absolute Gasteiger partial charge is 0.369 e. The van der Waals surface area contributed by atoms with Crippen LogP contribution in [0.2, 0.25) is 10.0 Å². The highest BCUT2D eigenvalue weighted by Crippen LogP contribution is 2.28. The number of halogens is 2. The lowest BCUT2D eigenvalue weighted by molar-refractivity contribution is -0.154. The summed E-state index contributed by atoms with van der Waals surface area (Å²) in [6.45, 7) is 2.33. The van der Waals surface area contributed by atoms with Crippen LogP contribution in [0.15, 0.2) is 54.6 Å². The van der Waals surface area contributed by atoms with Gasteiger partial charge in [-0.1, -0.05) is 60.5 Å². The lowest BCUT2D eigenvalue weighted by Crippen LogP contribution is -2.50. The summed E-state index contributed by atoms with van der Waals surface area (Å²) in [5.74, 6) is -0.148. The molecule has 0 radical (unpaired) electrons. The number of hydrogen-bond donors (Lipinski definition) is 0. The maximum Gasteiger partial charge on any atom is 0.249 e. The minimum absolute atomic E-state index is 0.0361. The van der Waals surface area contributed by atoms with Gasteiger partial charge in [-0.25, -0.2) is 0 Å². The molecule has 2 unspecified atom stereocenters. The predicted molar refractivity (Wildman–Crippen MR) is 103 cm³/mol. The maximum absolute atomic E-state index is 12.0. The third-order valence-corrected chi connectivity index (χ3v) is 4.55. The van der Waals surface area contributed by atoms with E-state index in [1.165, 1.54) is 0 Å². The molecule has 4 nitrogen and oxygen atoms in total. The molecule has 1 fully saturated rings. The van der Waals surface area contributed by atoms with Crippen LogP contribution >= 0.6 is 23.2 Å². The Hall–Kier alpha value is -1.88. The molecule has 0 saturated carbocycles. The van der Waals surface area contributed by atoms with Gasteiger partial charge in [0.15, 0.2) is 0 Å². The molecule has 1 amide bonds. The number of aldehydes is 1. The van der Waals surface area contributed by atoms with E-state index < -0.39 is 6.04 Å². The molecule has 1 saturated heterocycles. The fourth-order valence-corrected chi connectivity index (χ4v) is 2.99. The van der Waals surface area contributed by atoms with E-state index in [1.807, 2.05) is 49.4 Å². The van der Waals surface area contributed by atoms with Gasteiger partial charge in [0, 0.05) is 10.0 Å². The van der Waals surface area contributed by atoms with Crippen molar-refractivity contribution < 1.29 is 14.3 Å². The normalized spacial score (nSPS) is 17.9. The minimum Gasteiger partial charge on any atom is -0.369 e. The Morgan fingerprint density at radius 1 is 1.12 bits per heavy atom. The Labute approximate surface area is 163 Å². The molecule has 0 spiro atoms. The first-order chi connectivity index (χ1) is 12.6. The first kappa shape index (κ1) is 20.4. The topological polar surface area (TPSA) is 46.6 Å².